The molecule has 18 heavy (non-hydrogen) atoms. The molecule has 0 fully saturated rings. The fraction of sp³-hybridized carbons (Fsp3) is 0.545. The molecule has 0 bridgehead atoms. The molecule has 1 aromatic heterocycles. The lowest BCUT2D eigenvalue weighted by Crippen LogP contribution is -2.35. The molecule has 5 nitrogen and oxygen atoms in total. The van der Waals surface area contributed by atoms with Crippen LogP contribution in [0.2, 0.25) is 0 Å². The van der Waals surface area contributed by atoms with Crippen molar-refractivity contribution in [1.29, 1.82) is 0 Å². The summed E-state index contributed by atoms with van der Waals surface area (Å²) >= 11 is 1.70. The Balaban J connectivity index is 2.97. The first-order valence-corrected chi connectivity index (χ1v) is 8.41. The highest BCUT2D eigenvalue weighted by molar-refractivity contribution is 7.98. The van der Waals surface area contributed by atoms with Gasteiger partial charge in [0.25, 0.3) is 0 Å². The number of nitrogens with zero attached hydrogens (tertiary/aromatic N) is 2. The molecule has 0 aliphatic heterocycles. The van der Waals surface area contributed by atoms with Crippen molar-refractivity contribution in [3.63, 3.8) is 0 Å². The fourth-order valence-corrected chi connectivity index (χ4v) is 3.49. The quantitative estimate of drug-likeness (QED) is 0.857. The Labute approximate surface area is 113 Å². The highest BCUT2D eigenvalue weighted by atomic mass is 32.2. The van der Waals surface area contributed by atoms with Gasteiger partial charge in [-0.3, -0.25) is 4.98 Å². The van der Waals surface area contributed by atoms with Crippen LogP contribution >= 0.6 is 11.8 Å². The van der Waals surface area contributed by atoms with Crippen LogP contribution in [0.3, 0.4) is 0 Å². The maximum atomic E-state index is 12.4. The Hall–Kier alpha value is -0.790. The van der Waals surface area contributed by atoms with Gasteiger partial charge in [-0.1, -0.05) is 0 Å². The van der Waals surface area contributed by atoms with Gasteiger partial charge in [-0.25, -0.2) is 8.42 Å². The van der Waals surface area contributed by atoms with Crippen LogP contribution in [0, 0.1) is 0 Å². The van der Waals surface area contributed by atoms with Gasteiger partial charge in [-0.05, 0) is 31.4 Å². The normalized spacial score (nSPS) is 13.8. The predicted octanol–water partition coefficient (Wildman–Crippen LogP) is 1.43. The second-order valence-corrected chi connectivity index (χ2v) is 7.02. The Bertz CT molecular complexity index is 491. The second kappa shape index (κ2) is 6.40. The van der Waals surface area contributed by atoms with Crippen molar-refractivity contribution in [3.05, 3.63) is 18.5 Å². The summed E-state index contributed by atoms with van der Waals surface area (Å²) in [5, 5.41) is 0. The molecule has 0 spiro atoms. The van der Waals surface area contributed by atoms with Crippen LogP contribution in [0.4, 0.5) is 5.69 Å². The van der Waals surface area contributed by atoms with Gasteiger partial charge in [0.15, 0.2) is 0 Å². The predicted molar refractivity (Wildman–Crippen MR) is 76.1 cm³/mol. The summed E-state index contributed by atoms with van der Waals surface area (Å²) in [7, 11) is -1.99. The average molecular weight is 289 g/mol. The van der Waals surface area contributed by atoms with Crippen LogP contribution in [0.25, 0.3) is 0 Å². The lowest BCUT2D eigenvalue weighted by atomic mass is 10.3. The van der Waals surface area contributed by atoms with E-state index < -0.39 is 10.0 Å². The number of anilines is 1. The monoisotopic (exact) mass is 289 g/mol. The first kappa shape index (κ1) is 15.3. The van der Waals surface area contributed by atoms with Gasteiger partial charge in [0.05, 0.1) is 5.69 Å². The Kier molecular flexibility index (Phi) is 5.43. The largest absolute Gasteiger partial charge is 0.398 e. The van der Waals surface area contributed by atoms with Crippen molar-refractivity contribution < 1.29 is 8.42 Å². The number of nitrogens with two attached hydrogens (primary N) is 1. The van der Waals surface area contributed by atoms with Crippen molar-refractivity contribution in [2.45, 2.75) is 24.3 Å². The lowest BCUT2D eigenvalue weighted by molar-refractivity contribution is 0.382. The van der Waals surface area contributed by atoms with Crippen LogP contribution in [-0.2, 0) is 10.0 Å². The van der Waals surface area contributed by atoms with E-state index in [1.54, 1.807) is 18.8 Å². The molecule has 1 atom stereocenters. The van der Waals surface area contributed by atoms with Crippen molar-refractivity contribution >= 4 is 27.5 Å². The second-order valence-electron chi connectivity index (χ2n) is 4.07. The van der Waals surface area contributed by atoms with Crippen LogP contribution in [0.5, 0.6) is 0 Å². The molecule has 2 N–H and O–H groups in total. The zero-order valence-corrected chi connectivity index (χ0v) is 12.5. The summed E-state index contributed by atoms with van der Waals surface area (Å²) < 4.78 is 26.1. The number of thioether (sulfide) groups is 1. The third kappa shape index (κ3) is 3.37. The standard InChI is InChI=1S/C11H19N3O2S2/c1-9(5-7-17-3)14(2)18(15,16)11-8-13-6-4-10(11)12/h4,6,8-9H,5,7H2,1-3H3,(H2,12,13). The summed E-state index contributed by atoms with van der Waals surface area (Å²) in [6.45, 7) is 1.89. The van der Waals surface area contributed by atoms with E-state index in [1.807, 2.05) is 13.2 Å². The number of rotatable bonds is 6. The molecule has 0 radical (unpaired) electrons. The molecule has 0 aromatic carbocycles. The topological polar surface area (TPSA) is 76.3 Å². The molecule has 0 aliphatic rings. The van der Waals surface area contributed by atoms with Gasteiger partial charge < -0.3 is 5.73 Å². The van der Waals surface area contributed by atoms with Crippen LogP contribution in [-0.4, -0.2) is 42.8 Å². The molecule has 1 rings (SSSR count). The Morgan fingerprint density at radius 3 is 2.78 bits per heavy atom. The van der Waals surface area contributed by atoms with E-state index in [2.05, 4.69) is 4.98 Å². The minimum absolute atomic E-state index is 0.0675. The third-order valence-corrected chi connectivity index (χ3v) is 5.49. The molecule has 7 heteroatoms. The minimum Gasteiger partial charge on any atom is -0.398 e. The number of hydrogen-bond acceptors (Lipinski definition) is 5. The van der Waals surface area contributed by atoms with E-state index >= 15 is 0 Å². The molecule has 0 saturated carbocycles. The number of aromatic nitrogens is 1. The minimum atomic E-state index is -3.56. The van der Waals surface area contributed by atoms with Crippen LogP contribution in [0.15, 0.2) is 23.4 Å². The molecule has 0 aliphatic carbocycles. The first-order valence-electron chi connectivity index (χ1n) is 5.57. The maximum absolute atomic E-state index is 12.4. The van der Waals surface area contributed by atoms with Gasteiger partial charge in [0.2, 0.25) is 10.0 Å². The van der Waals surface area contributed by atoms with Crippen LogP contribution < -0.4 is 5.73 Å². The molecule has 1 aromatic rings. The van der Waals surface area contributed by atoms with Gasteiger partial charge in [-0.15, -0.1) is 0 Å². The molecule has 1 unspecified atom stereocenters. The molecule has 1 heterocycles. The van der Waals surface area contributed by atoms with Gasteiger partial charge in [-0.2, -0.15) is 16.1 Å². The SMILES string of the molecule is CSCCC(C)N(C)S(=O)(=O)c1cnccc1N. The Morgan fingerprint density at radius 2 is 2.22 bits per heavy atom. The summed E-state index contributed by atoms with van der Waals surface area (Å²) in [5.41, 5.74) is 5.93. The summed E-state index contributed by atoms with van der Waals surface area (Å²) in [4.78, 5) is 3.90. The van der Waals surface area contributed by atoms with Gasteiger partial charge in [0, 0.05) is 25.5 Å². The highest BCUT2D eigenvalue weighted by Gasteiger charge is 2.27. The number of nitrogen functional groups attached to an aromatic ring is 1. The van der Waals surface area contributed by atoms with E-state index in [9.17, 15) is 8.42 Å². The Morgan fingerprint density at radius 1 is 1.56 bits per heavy atom. The van der Waals surface area contributed by atoms with Crippen molar-refractivity contribution in [2.24, 2.45) is 0 Å². The number of pyridine rings is 1. The molecule has 0 amide bonds. The first-order chi connectivity index (χ1) is 8.41. The van der Waals surface area contributed by atoms with E-state index in [0.29, 0.717) is 0 Å². The van der Waals surface area contributed by atoms with E-state index in [0.717, 1.165) is 12.2 Å². The molecule has 102 valence electrons. The average Bonchev–Trinajstić information content (AvgIpc) is 2.35. The van der Waals surface area contributed by atoms with Crippen LogP contribution in [0.1, 0.15) is 13.3 Å². The molecule has 0 saturated heterocycles. The lowest BCUT2D eigenvalue weighted by Gasteiger charge is -2.24. The van der Waals surface area contributed by atoms with Gasteiger partial charge >= 0.3 is 0 Å². The smallest absolute Gasteiger partial charge is 0.246 e. The fourth-order valence-electron chi connectivity index (χ4n) is 1.47. The van der Waals surface area contributed by atoms with Crippen molar-refractivity contribution in [1.82, 2.24) is 9.29 Å². The van der Waals surface area contributed by atoms with Crippen molar-refractivity contribution in [2.75, 3.05) is 24.8 Å². The number of hydrogen-bond donors (Lipinski definition) is 1. The molecular weight excluding hydrogens is 270 g/mol. The maximum Gasteiger partial charge on any atom is 0.246 e. The van der Waals surface area contributed by atoms with Crippen molar-refractivity contribution in [3.8, 4) is 0 Å². The highest BCUT2D eigenvalue weighted by Crippen LogP contribution is 2.22. The number of sulfonamides is 1. The van der Waals surface area contributed by atoms with Gasteiger partial charge in [0.1, 0.15) is 4.90 Å². The zero-order valence-electron chi connectivity index (χ0n) is 10.8. The third-order valence-electron chi connectivity index (χ3n) is 2.83. The summed E-state index contributed by atoms with van der Waals surface area (Å²) in [6, 6.07) is 1.43. The zero-order chi connectivity index (χ0) is 13.8. The summed E-state index contributed by atoms with van der Waals surface area (Å²) in [5.74, 6) is 0.920. The van der Waals surface area contributed by atoms with E-state index in [-0.39, 0.29) is 16.6 Å². The van der Waals surface area contributed by atoms with E-state index in [4.69, 9.17) is 5.73 Å². The molecular formula is C11H19N3O2S2. The van der Waals surface area contributed by atoms with E-state index in [1.165, 1.54) is 22.8 Å². The summed E-state index contributed by atoms with van der Waals surface area (Å²) in [6.07, 6.45) is 5.57.